The van der Waals surface area contributed by atoms with Gasteiger partial charge in [0.25, 0.3) is 5.91 Å². The molecule has 8 nitrogen and oxygen atoms in total. The van der Waals surface area contributed by atoms with Crippen LogP contribution in [0.25, 0.3) is 22.2 Å². The molecular formula is C28H31N7O. The summed E-state index contributed by atoms with van der Waals surface area (Å²) in [6.45, 7) is 5.12. The van der Waals surface area contributed by atoms with Crippen molar-refractivity contribution in [1.29, 1.82) is 0 Å². The molecule has 3 aromatic heterocycles. The summed E-state index contributed by atoms with van der Waals surface area (Å²) in [6, 6.07) is 9.75. The number of nitrogens with zero attached hydrogens (tertiary/aromatic N) is 5. The van der Waals surface area contributed by atoms with Crippen molar-refractivity contribution < 1.29 is 4.79 Å². The van der Waals surface area contributed by atoms with Gasteiger partial charge in [0.15, 0.2) is 0 Å². The first kappa shape index (κ1) is 23.8. The van der Waals surface area contributed by atoms with Crippen LogP contribution >= 0.6 is 0 Å². The van der Waals surface area contributed by atoms with Gasteiger partial charge < -0.3 is 10.6 Å². The van der Waals surface area contributed by atoms with Crippen LogP contribution in [-0.2, 0) is 0 Å². The molecule has 1 aromatic carbocycles. The van der Waals surface area contributed by atoms with Crippen LogP contribution in [0.4, 0.5) is 5.82 Å². The number of pyridine rings is 1. The minimum absolute atomic E-state index is 0.107. The van der Waals surface area contributed by atoms with Crippen LogP contribution in [0.15, 0.2) is 55.2 Å². The van der Waals surface area contributed by atoms with Gasteiger partial charge in [0, 0.05) is 55.1 Å². The van der Waals surface area contributed by atoms with Crippen molar-refractivity contribution in [3.63, 3.8) is 0 Å². The number of benzene rings is 1. The number of hydrogen-bond acceptors (Lipinski definition) is 7. The Hall–Kier alpha value is -3.94. The first-order valence-electron chi connectivity index (χ1n) is 12.5. The second kappa shape index (κ2) is 10.4. The molecular weight excluding hydrogens is 450 g/mol. The topological polar surface area (TPSA) is 106 Å². The van der Waals surface area contributed by atoms with Gasteiger partial charge >= 0.3 is 0 Å². The van der Waals surface area contributed by atoms with Crippen molar-refractivity contribution >= 4 is 22.6 Å². The predicted octanol–water partition coefficient (Wildman–Crippen LogP) is 4.96. The zero-order chi connectivity index (χ0) is 25.1. The lowest BCUT2D eigenvalue weighted by molar-refractivity contribution is 0.0964. The van der Waals surface area contributed by atoms with E-state index in [1.807, 2.05) is 30.6 Å². The number of carbonyl (C=O) groups is 1. The minimum atomic E-state index is -0.107. The molecule has 2 unspecified atom stereocenters. The fourth-order valence-electron chi connectivity index (χ4n) is 4.61. The summed E-state index contributed by atoms with van der Waals surface area (Å²) >= 11 is 0. The van der Waals surface area contributed by atoms with Crippen LogP contribution in [-0.4, -0.2) is 44.4 Å². The molecule has 0 saturated heterocycles. The third-order valence-electron chi connectivity index (χ3n) is 7.33. The van der Waals surface area contributed by atoms with E-state index < -0.39 is 0 Å². The Morgan fingerprint density at radius 1 is 1.06 bits per heavy atom. The Balaban J connectivity index is 1.29. The molecule has 8 heteroatoms. The van der Waals surface area contributed by atoms with Crippen LogP contribution in [0.5, 0.6) is 0 Å². The van der Waals surface area contributed by atoms with Gasteiger partial charge in [-0.1, -0.05) is 38.5 Å². The van der Waals surface area contributed by atoms with Gasteiger partial charge in [0.2, 0.25) is 0 Å². The third-order valence-corrected chi connectivity index (χ3v) is 7.33. The summed E-state index contributed by atoms with van der Waals surface area (Å²) in [4.78, 5) is 34.9. The highest BCUT2D eigenvalue weighted by atomic mass is 16.1. The van der Waals surface area contributed by atoms with Crippen LogP contribution in [0.1, 0.15) is 66.7 Å². The Morgan fingerprint density at radius 2 is 1.86 bits per heavy atom. The first-order chi connectivity index (χ1) is 17.5. The quantitative estimate of drug-likeness (QED) is 0.366. The fraction of sp³-hybridized carbons (Fsp3) is 0.357. The molecule has 184 valence electrons. The fourth-order valence-corrected chi connectivity index (χ4v) is 4.61. The van der Waals surface area contributed by atoms with Crippen molar-refractivity contribution in [2.45, 2.75) is 44.9 Å². The normalized spacial score (nSPS) is 15.2. The van der Waals surface area contributed by atoms with Gasteiger partial charge in [-0.2, -0.15) is 0 Å². The molecule has 0 spiro atoms. The van der Waals surface area contributed by atoms with E-state index in [0.717, 1.165) is 45.9 Å². The van der Waals surface area contributed by atoms with Crippen LogP contribution < -0.4 is 10.6 Å². The van der Waals surface area contributed by atoms with Crippen molar-refractivity contribution in [2.75, 3.05) is 18.9 Å². The number of hydrogen-bond donors (Lipinski definition) is 2. The average molecular weight is 482 g/mol. The van der Waals surface area contributed by atoms with E-state index in [1.54, 1.807) is 25.6 Å². The monoisotopic (exact) mass is 481 g/mol. The maximum Gasteiger partial charge on any atom is 0.251 e. The number of amides is 1. The van der Waals surface area contributed by atoms with Crippen molar-refractivity contribution in [1.82, 2.24) is 30.2 Å². The summed E-state index contributed by atoms with van der Waals surface area (Å²) in [6.07, 6.45) is 10.6. The number of para-hydroxylation sites is 1. The SMILES string of the molecule is CNC(=O)c1ccnc2c(C(C)C(C)CNc3cc(-c4cnc(C5CCC5)nc4)ncn3)cccc12. The average Bonchev–Trinajstić information content (AvgIpc) is 2.89. The molecule has 1 fully saturated rings. The standard InChI is InChI=1S/C28H31N7O/c1-17(18(2)21-8-5-9-22-23(28(36)29-3)10-11-30-26(21)22)13-31-25-12-24(34-16-35-25)20-14-32-27(33-15-20)19-6-4-7-19/h5,8-12,14-19H,4,6-7,13H2,1-3H3,(H,29,36)(H,31,34,35). The maximum absolute atomic E-state index is 12.3. The number of anilines is 1. The van der Waals surface area contributed by atoms with Crippen molar-refractivity contribution in [3.05, 3.63) is 72.2 Å². The summed E-state index contributed by atoms with van der Waals surface area (Å²) in [5.41, 5.74) is 4.32. The lowest BCUT2D eigenvalue weighted by atomic mass is 9.85. The number of rotatable bonds is 8. The summed E-state index contributed by atoms with van der Waals surface area (Å²) in [7, 11) is 1.64. The van der Waals surface area contributed by atoms with Crippen molar-refractivity contribution in [3.8, 4) is 11.3 Å². The summed E-state index contributed by atoms with van der Waals surface area (Å²) < 4.78 is 0. The molecule has 1 saturated carbocycles. The van der Waals surface area contributed by atoms with E-state index in [9.17, 15) is 4.79 Å². The highest BCUT2D eigenvalue weighted by Gasteiger charge is 2.22. The van der Waals surface area contributed by atoms with E-state index in [2.05, 4.69) is 55.5 Å². The first-order valence-corrected chi connectivity index (χ1v) is 12.5. The highest BCUT2D eigenvalue weighted by Crippen LogP contribution is 2.34. The van der Waals surface area contributed by atoms with Gasteiger partial charge in [-0.15, -0.1) is 0 Å². The lowest BCUT2D eigenvalue weighted by Crippen LogP contribution is -2.19. The predicted molar refractivity (Wildman–Crippen MR) is 141 cm³/mol. The molecule has 2 N–H and O–H groups in total. The molecule has 4 aromatic rings. The largest absolute Gasteiger partial charge is 0.370 e. The number of fused-ring (bicyclic) bond motifs is 1. The zero-order valence-electron chi connectivity index (χ0n) is 20.9. The van der Waals surface area contributed by atoms with E-state index in [0.29, 0.717) is 11.5 Å². The van der Waals surface area contributed by atoms with Crippen LogP contribution in [0.2, 0.25) is 0 Å². The summed E-state index contributed by atoms with van der Waals surface area (Å²) in [5.74, 6) is 2.60. The molecule has 3 heterocycles. The van der Waals surface area contributed by atoms with E-state index in [-0.39, 0.29) is 17.7 Å². The lowest BCUT2D eigenvalue weighted by Gasteiger charge is -2.23. The van der Waals surface area contributed by atoms with Crippen molar-refractivity contribution in [2.24, 2.45) is 5.92 Å². The van der Waals surface area contributed by atoms with Crippen LogP contribution in [0.3, 0.4) is 0 Å². The maximum atomic E-state index is 12.3. The minimum Gasteiger partial charge on any atom is -0.370 e. The van der Waals surface area contributed by atoms with Gasteiger partial charge in [-0.25, -0.2) is 19.9 Å². The molecule has 36 heavy (non-hydrogen) atoms. The smallest absolute Gasteiger partial charge is 0.251 e. The third kappa shape index (κ3) is 4.76. The second-order valence-electron chi connectivity index (χ2n) is 9.57. The molecule has 0 radical (unpaired) electrons. The van der Waals surface area contributed by atoms with Gasteiger partial charge in [0.05, 0.1) is 16.8 Å². The highest BCUT2D eigenvalue weighted by molar-refractivity contribution is 6.06. The molecule has 1 aliphatic rings. The van der Waals surface area contributed by atoms with Gasteiger partial charge in [-0.3, -0.25) is 9.78 Å². The Labute approximate surface area is 211 Å². The zero-order valence-corrected chi connectivity index (χ0v) is 20.9. The summed E-state index contributed by atoms with van der Waals surface area (Å²) in [5, 5.41) is 7.05. The molecule has 5 rings (SSSR count). The molecule has 1 aliphatic carbocycles. The molecule has 0 aliphatic heterocycles. The Kier molecular flexibility index (Phi) is 6.84. The molecule has 0 bridgehead atoms. The van der Waals surface area contributed by atoms with Crippen LogP contribution in [0, 0.1) is 5.92 Å². The number of aromatic nitrogens is 5. The van der Waals surface area contributed by atoms with E-state index in [1.165, 1.54) is 19.3 Å². The second-order valence-corrected chi connectivity index (χ2v) is 9.57. The van der Waals surface area contributed by atoms with Gasteiger partial charge in [-0.05, 0) is 36.3 Å². The Bertz CT molecular complexity index is 1370. The number of nitrogens with one attached hydrogen (secondary N) is 2. The molecule has 2 atom stereocenters. The van der Waals surface area contributed by atoms with E-state index in [4.69, 9.17) is 0 Å². The van der Waals surface area contributed by atoms with E-state index >= 15 is 0 Å². The number of carbonyl (C=O) groups excluding carboxylic acids is 1. The Morgan fingerprint density at radius 3 is 2.58 bits per heavy atom. The molecule has 1 amide bonds. The van der Waals surface area contributed by atoms with Gasteiger partial charge in [0.1, 0.15) is 18.0 Å².